The van der Waals surface area contributed by atoms with Crippen molar-refractivity contribution in [3.8, 4) is 11.3 Å². The van der Waals surface area contributed by atoms with Gasteiger partial charge in [-0.1, -0.05) is 0 Å². The molecular formula is C18H22N2O2. The zero-order valence-corrected chi connectivity index (χ0v) is 13.1. The van der Waals surface area contributed by atoms with Crippen molar-refractivity contribution < 1.29 is 4.42 Å². The lowest BCUT2D eigenvalue weighted by molar-refractivity contribution is 0.566. The summed E-state index contributed by atoms with van der Waals surface area (Å²) < 4.78 is 6.19. The fraction of sp³-hybridized carbons (Fsp3) is 0.500. The SMILES string of the molecule is Cc1cc(N2CCCC2)oc1-c1c[nH]c(=O)c2c1CCCC2. The first-order valence-corrected chi connectivity index (χ1v) is 8.33. The Labute approximate surface area is 130 Å². The lowest BCUT2D eigenvalue weighted by Crippen LogP contribution is -2.19. The first-order valence-electron chi connectivity index (χ1n) is 8.33. The molecule has 1 N–H and O–H groups in total. The van der Waals surface area contributed by atoms with Crippen molar-refractivity contribution in [3.63, 3.8) is 0 Å². The second-order valence-corrected chi connectivity index (χ2v) is 6.49. The Bertz CT molecular complexity index is 751. The second-order valence-electron chi connectivity index (χ2n) is 6.49. The zero-order chi connectivity index (χ0) is 15.1. The Balaban J connectivity index is 1.80. The van der Waals surface area contributed by atoms with Gasteiger partial charge < -0.3 is 14.3 Å². The minimum atomic E-state index is 0.0717. The van der Waals surface area contributed by atoms with Gasteiger partial charge in [0.15, 0.2) is 5.88 Å². The van der Waals surface area contributed by atoms with Gasteiger partial charge in [0.1, 0.15) is 5.76 Å². The van der Waals surface area contributed by atoms with Crippen LogP contribution in [0.4, 0.5) is 5.88 Å². The lowest BCUT2D eigenvalue weighted by atomic mass is 9.89. The van der Waals surface area contributed by atoms with Crippen molar-refractivity contribution in [1.82, 2.24) is 4.98 Å². The predicted octanol–water partition coefficient (Wildman–Crippen LogP) is 3.42. The largest absolute Gasteiger partial charge is 0.440 e. The van der Waals surface area contributed by atoms with Crippen molar-refractivity contribution >= 4 is 5.88 Å². The molecule has 3 heterocycles. The van der Waals surface area contributed by atoms with E-state index < -0.39 is 0 Å². The second kappa shape index (κ2) is 5.34. The Morgan fingerprint density at radius 3 is 2.59 bits per heavy atom. The summed E-state index contributed by atoms with van der Waals surface area (Å²) >= 11 is 0. The number of hydrogen-bond donors (Lipinski definition) is 1. The van der Waals surface area contributed by atoms with Crippen molar-refractivity contribution in [2.24, 2.45) is 0 Å². The smallest absolute Gasteiger partial charge is 0.251 e. The number of aryl methyl sites for hydroxylation is 1. The maximum absolute atomic E-state index is 12.1. The number of aromatic amines is 1. The van der Waals surface area contributed by atoms with Gasteiger partial charge in [-0.15, -0.1) is 0 Å². The van der Waals surface area contributed by atoms with Crippen molar-refractivity contribution in [1.29, 1.82) is 0 Å². The molecular weight excluding hydrogens is 276 g/mol. The molecule has 0 atom stereocenters. The molecule has 22 heavy (non-hydrogen) atoms. The Kier molecular flexibility index (Phi) is 3.32. The third kappa shape index (κ3) is 2.18. The van der Waals surface area contributed by atoms with E-state index in [1.807, 2.05) is 6.20 Å². The molecule has 0 amide bonds. The number of nitrogens with one attached hydrogen (secondary N) is 1. The third-order valence-corrected chi connectivity index (χ3v) is 4.98. The monoisotopic (exact) mass is 298 g/mol. The van der Waals surface area contributed by atoms with Crippen LogP contribution in [0, 0.1) is 6.92 Å². The first kappa shape index (κ1) is 13.7. The normalized spacial score (nSPS) is 17.8. The summed E-state index contributed by atoms with van der Waals surface area (Å²) in [6.45, 7) is 4.25. The summed E-state index contributed by atoms with van der Waals surface area (Å²) in [4.78, 5) is 17.3. The number of fused-ring (bicyclic) bond motifs is 1. The highest BCUT2D eigenvalue weighted by molar-refractivity contribution is 5.68. The fourth-order valence-corrected chi connectivity index (χ4v) is 3.79. The molecule has 1 aliphatic carbocycles. The minimum Gasteiger partial charge on any atom is -0.440 e. The molecule has 1 aliphatic heterocycles. The van der Waals surface area contributed by atoms with E-state index in [2.05, 4.69) is 22.9 Å². The van der Waals surface area contributed by atoms with Gasteiger partial charge in [0.05, 0.1) is 0 Å². The van der Waals surface area contributed by atoms with E-state index in [-0.39, 0.29) is 5.56 Å². The Hall–Kier alpha value is -1.97. The summed E-state index contributed by atoms with van der Waals surface area (Å²) in [5.41, 5.74) is 4.46. The van der Waals surface area contributed by atoms with Gasteiger partial charge in [0.2, 0.25) is 0 Å². The average molecular weight is 298 g/mol. The van der Waals surface area contributed by atoms with Crippen molar-refractivity contribution in [2.45, 2.75) is 45.4 Å². The average Bonchev–Trinajstić information content (AvgIpc) is 3.18. The summed E-state index contributed by atoms with van der Waals surface area (Å²) in [6, 6.07) is 2.14. The van der Waals surface area contributed by atoms with Gasteiger partial charge >= 0.3 is 0 Å². The number of hydrogen-bond acceptors (Lipinski definition) is 3. The first-order chi connectivity index (χ1) is 10.7. The zero-order valence-electron chi connectivity index (χ0n) is 13.1. The number of rotatable bonds is 2. The molecule has 0 bridgehead atoms. The van der Waals surface area contributed by atoms with Crippen LogP contribution in [-0.2, 0) is 12.8 Å². The lowest BCUT2D eigenvalue weighted by Gasteiger charge is -2.18. The summed E-state index contributed by atoms with van der Waals surface area (Å²) in [7, 11) is 0. The van der Waals surface area contributed by atoms with Crippen LogP contribution in [0.25, 0.3) is 11.3 Å². The molecule has 0 saturated carbocycles. The fourth-order valence-electron chi connectivity index (χ4n) is 3.79. The van der Waals surface area contributed by atoms with E-state index in [1.54, 1.807) is 0 Å². The Morgan fingerprint density at radius 1 is 1.09 bits per heavy atom. The number of aromatic nitrogens is 1. The van der Waals surface area contributed by atoms with E-state index in [0.29, 0.717) is 0 Å². The predicted molar refractivity (Wildman–Crippen MR) is 87.6 cm³/mol. The number of furan rings is 1. The van der Waals surface area contributed by atoms with Gasteiger partial charge in [-0.3, -0.25) is 4.79 Å². The Morgan fingerprint density at radius 2 is 1.82 bits per heavy atom. The molecule has 0 aromatic carbocycles. The van der Waals surface area contributed by atoms with Gasteiger partial charge in [-0.25, -0.2) is 0 Å². The molecule has 2 aliphatic rings. The molecule has 4 nitrogen and oxygen atoms in total. The molecule has 116 valence electrons. The number of nitrogens with zero attached hydrogens (tertiary/aromatic N) is 1. The van der Waals surface area contributed by atoms with Gasteiger partial charge in [0.25, 0.3) is 5.56 Å². The standard InChI is InChI=1S/C18H22N2O2/c1-12-10-16(20-8-4-5-9-20)22-17(12)15-11-19-18(21)14-7-3-2-6-13(14)15/h10-11H,2-9H2,1H3,(H,19,21). The summed E-state index contributed by atoms with van der Waals surface area (Å²) in [5, 5.41) is 0. The maximum Gasteiger partial charge on any atom is 0.251 e. The van der Waals surface area contributed by atoms with Gasteiger partial charge in [0, 0.05) is 36.5 Å². The molecule has 1 saturated heterocycles. The summed E-state index contributed by atoms with van der Waals surface area (Å²) in [6.07, 6.45) is 8.45. The number of H-pyrrole nitrogens is 1. The van der Waals surface area contributed by atoms with E-state index in [4.69, 9.17) is 4.42 Å². The van der Waals surface area contributed by atoms with E-state index in [9.17, 15) is 4.79 Å². The molecule has 2 aromatic rings. The number of anilines is 1. The van der Waals surface area contributed by atoms with Crippen LogP contribution in [0.3, 0.4) is 0 Å². The van der Waals surface area contributed by atoms with E-state index >= 15 is 0 Å². The minimum absolute atomic E-state index is 0.0717. The third-order valence-electron chi connectivity index (χ3n) is 4.98. The topological polar surface area (TPSA) is 49.2 Å². The highest BCUT2D eigenvalue weighted by Crippen LogP contribution is 2.36. The number of pyridine rings is 1. The van der Waals surface area contributed by atoms with Crippen LogP contribution >= 0.6 is 0 Å². The molecule has 0 spiro atoms. The highest BCUT2D eigenvalue weighted by atomic mass is 16.4. The van der Waals surface area contributed by atoms with E-state index in [1.165, 1.54) is 18.4 Å². The van der Waals surface area contributed by atoms with Crippen LogP contribution < -0.4 is 10.5 Å². The molecule has 0 unspecified atom stereocenters. The molecule has 4 rings (SSSR count). The van der Waals surface area contributed by atoms with Crippen LogP contribution in [0.5, 0.6) is 0 Å². The molecule has 0 radical (unpaired) electrons. The molecule has 2 aromatic heterocycles. The van der Waals surface area contributed by atoms with Gasteiger partial charge in [-0.2, -0.15) is 0 Å². The van der Waals surface area contributed by atoms with E-state index in [0.717, 1.165) is 67.1 Å². The van der Waals surface area contributed by atoms with Crippen molar-refractivity contribution in [2.75, 3.05) is 18.0 Å². The quantitative estimate of drug-likeness (QED) is 0.924. The maximum atomic E-state index is 12.1. The highest BCUT2D eigenvalue weighted by Gasteiger charge is 2.23. The van der Waals surface area contributed by atoms with Crippen LogP contribution in [0.1, 0.15) is 42.4 Å². The summed E-state index contributed by atoms with van der Waals surface area (Å²) in [5.74, 6) is 1.90. The van der Waals surface area contributed by atoms with Crippen LogP contribution in [0.15, 0.2) is 21.5 Å². The van der Waals surface area contributed by atoms with Crippen LogP contribution in [0.2, 0.25) is 0 Å². The molecule has 4 heteroatoms. The van der Waals surface area contributed by atoms with Crippen molar-refractivity contribution in [3.05, 3.63) is 39.3 Å². The molecule has 1 fully saturated rings. The van der Waals surface area contributed by atoms with Gasteiger partial charge in [-0.05, 0) is 56.6 Å². The van der Waals surface area contributed by atoms with Crippen LogP contribution in [-0.4, -0.2) is 18.1 Å².